The van der Waals surface area contributed by atoms with Crippen molar-refractivity contribution in [3.05, 3.63) is 0 Å². The number of carbonyl (C=O) groups excluding carboxylic acids is 2. The summed E-state index contributed by atoms with van der Waals surface area (Å²) in [4.78, 5) is 23.2. The largest absolute Gasteiger partial charge is 0.468 e. The minimum absolute atomic E-state index is 0.0901. The number of hydrogen-bond acceptors (Lipinski definition) is 3. The molecule has 84 valence electrons. The highest BCUT2D eigenvalue weighted by atomic mass is 16.5. The zero-order valence-corrected chi connectivity index (χ0v) is 9.58. The van der Waals surface area contributed by atoms with Crippen LogP contribution in [0.4, 0.5) is 0 Å². The first-order valence-electron chi connectivity index (χ1n) is 5.55. The van der Waals surface area contributed by atoms with E-state index in [2.05, 4.69) is 13.8 Å². The van der Waals surface area contributed by atoms with Crippen LogP contribution in [0, 0.1) is 23.2 Å². The second-order valence-electron chi connectivity index (χ2n) is 5.67. The molecule has 0 N–H and O–H groups in total. The number of carbonyl (C=O) groups is 2. The van der Waals surface area contributed by atoms with Crippen LogP contribution in [0.3, 0.4) is 0 Å². The topological polar surface area (TPSA) is 43.4 Å². The number of Topliss-reactive ketones (excluding diaryl/α,β-unsaturated/α-hetero) is 1. The summed E-state index contributed by atoms with van der Waals surface area (Å²) >= 11 is 0. The van der Waals surface area contributed by atoms with Gasteiger partial charge in [0.25, 0.3) is 0 Å². The zero-order valence-electron chi connectivity index (χ0n) is 9.58. The molecule has 3 heteroatoms. The van der Waals surface area contributed by atoms with E-state index in [9.17, 15) is 9.59 Å². The van der Waals surface area contributed by atoms with Gasteiger partial charge >= 0.3 is 5.97 Å². The Balaban J connectivity index is 2.19. The third-order valence-corrected chi connectivity index (χ3v) is 3.90. The van der Waals surface area contributed by atoms with Crippen LogP contribution in [-0.4, -0.2) is 18.9 Å². The summed E-state index contributed by atoms with van der Waals surface area (Å²) in [5.74, 6) is -0.0594. The molecule has 3 nitrogen and oxygen atoms in total. The maximum atomic E-state index is 11.7. The van der Waals surface area contributed by atoms with Crippen molar-refractivity contribution in [2.24, 2.45) is 23.2 Å². The Morgan fingerprint density at radius 1 is 1.40 bits per heavy atom. The van der Waals surface area contributed by atoms with Gasteiger partial charge in [-0.3, -0.25) is 9.59 Å². The molecule has 0 bridgehead atoms. The number of ether oxygens (including phenoxy) is 1. The summed E-state index contributed by atoms with van der Waals surface area (Å²) in [5.41, 5.74) is 0.280. The van der Waals surface area contributed by atoms with Gasteiger partial charge in [-0.25, -0.2) is 0 Å². The van der Waals surface area contributed by atoms with Crippen LogP contribution in [0.5, 0.6) is 0 Å². The third-order valence-electron chi connectivity index (χ3n) is 3.90. The van der Waals surface area contributed by atoms with E-state index in [0.717, 1.165) is 12.8 Å². The summed E-state index contributed by atoms with van der Waals surface area (Å²) in [6.45, 7) is 4.42. The monoisotopic (exact) mass is 210 g/mol. The van der Waals surface area contributed by atoms with E-state index in [1.165, 1.54) is 7.11 Å². The highest BCUT2D eigenvalue weighted by Gasteiger charge is 2.53. The number of methoxy groups -OCH3 is 1. The molecule has 2 aliphatic rings. The summed E-state index contributed by atoms with van der Waals surface area (Å²) in [6.07, 6.45) is 2.62. The zero-order chi connectivity index (χ0) is 11.2. The molecule has 0 heterocycles. The lowest BCUT2D eigenvalue weighted by molar-refractivity contribution is -0.149. The molecule has 0 aromatic rings. The first kappa shape index (κ1) is 10.7. The van der Waals surface area contributed by atoms with Crippen molar-refractivity contribution < 1.29 is 14.3 Å². The summed E-state index contributed by atoms with van der Waals surface area (Å²) in [7, 11) is 1.36. The standard InChI is InChI=1S/C12H18O3/c1-12(2)5-7-4-9(13)10(8(7)6-12)11(14)15-3/h7-8,10H,4-6H2,1-3H3/t7-,8-,10+/m0/s1. The molecular weight excluding hydrogens is 192 g/mol. The molecule has 0 spiro atoms. The summed E-state index contributed by atoms with van der Waals surface area (Å²) in [6, 6.07) is 0. The Bertz CT molecular complexity index is 298. The maximum Gasteiger partial charge on any atom is 0.316 e. The Morgan fingerprint density at radius 2 is 2.07 bits per heavy atom. The van der Waals surface area contributed by atoms with Gasteiger partial charge in [-0.15, -0.1) is 0 Å². The van der Waals surface area contributed by atoms with Gasteiger partial charge in [0.15, 0.2) is 0 Å². The first-order valence-corrected chi connectivity index (χ1v) is 5.55. The van der Waals surface area contributed by atoms with Crippen LogP contribution >= 0.6 is 0 Å². The van der Waals surface area contributed by atoms with Crippen molar-refractivity contribution in [1.29, 1.82) is 0 Å². The van der Waals surface area contributed by atoms with Crippen molar-refractivity contribution in [2.75, 3.05) is 7.11 Å². The Hall–Kier alpha value is -0.860. The van der Waals surface area contributed by atoms with E-state index in [1.807, 2.05) is 0 Å². The number of fused-ring (bicyclic) bond motifs is 1. The van der Waals surface area contributed by atoms with Crippen LogP contribution in [0.1, 0.15) is 33.1 Å². The van der Waals surface area contributed by atoms with Gasteiger partial charge in [-0.1, -0.05) is 13.8 Å². The molecule has 2 aliphatic carbocycles. The molecule has 0 aromatic heterocycles. The lowest BCUT2D eigenvalue weighted by Gasteiger charge is -2.19. The predicted molar refractivity (Wildman–Crippen MR) is 55.1 cm³/mol. The smallest absolute Gasteiger partial charge is 0.316 e. The van der Waals surface area contributed by atoms with Gasteiger partial charge in [0.2, 0.25) is 0 Å². The van der Waals surface area contributed by atoms with Crippen molar-refractivity contribution in [2.45, 2.75) is 33.1 Å². The van der Waals surface area contributed by atoms with Crippen LogP contribution in [0.2, 0.25) is 0 Å². The van der Waals surface area contributed by atoms with E-state index < -0.39 is 5.92 Å². The lowest BCUT2D eigenvalue weighted by Crippen LogP contribution is -2.27. The van der Waals surface area contributed by atoms with E-state index in [0.29, 0.717) is 12.3 Å². The molecule has 2 fully saturated rings. The van der Waals surface area contributed by atoms with Crippen LogP contribution in [-0.2, 0) is 14.3 Å². The molecule has 0 saturated heterocycles. The quantitative estimate of drug-likeness (QED) is 0.489. The number of esters is 1. The molecule has 0 aromatic carbocycles. The second-order valence-corrected chi connectivity index (χ2v) is 5.67. The fourth-order valence-electron chi connectivity index (χ4n) is 3.42. The molecular formula is C12H18O3. The average Bonchev–Trinajstić information content (AvgIpc) is 2.54. The lowest BCUT2D eigenvalue weighted by atomic mass is 9.85. The van der Waals surface area contributed by atoms with Crippen molar-refractivity contribution >= 4 is 11.8 Å². The molecule has 0 unspecified atom stereocenters. The average molecular weight is 210 g/mol. The van der Waals surface area contributed by atoms with Crippen molar-refractivity contribution in [1.82, 2.24) is 0 Å². The molecule has 3 atom stereocenters. The predicted octanol–water partition coefficient (Wildman–Crippen LogP) is 1.80. The summed E-state index contributed by atoms with van der Waals surface area (Å²) < 4.78 is 4.72. The van der Waals surface area contributed by atoms with Crippen molar-refractivity contribution in [3.8, 4) is 0 Å². The highest BCUT2D eigenvalue weighted by molar-refractivity contribution is 6.01. The fraction of sp³-hybridized carbons (Fsp3) is 0.833. The fourth-order valence-corrected chi connectivity index (χ4v) is 3.42. The molecule has 0 amide bonds. The van der Waals surface area contributed by atoms with E-state index in [4.69, 9.17) is 4.74 Å². The van der Waals surface area contributed by atoms with E-state index in [-0.39, 0.29) is 23.1 Å². The van der Waals surface area contributed by atoms with Crippen LogP contribution in [0.25, 0.3) is 0 Å². The van der Waals surface area contributed by atoms with E-state index in [1.54, 1.807) is 0 Å². The van der Waals surface area contributed by atoms with Crippen LogP contribution < -0.4 is 0 Å². The van der Waals surface area contributed by atoms with E-state index >= 15 is 0 Å². The second kappa shape index (κ2) is 3.32. The Labute approximate surface area is 90.2 Å². The molecule has 0 aliphatic heterocycles. The van der Waals surface area contributed by atoms with Crippen molar-refractivity contribution in [3.63, 3.8) is 0 Å². The van der Waals surface area contributed by atoms with Gasteiger partial charge in [-0.2, -0.15) is 0 Å². The molecule has 15 heavy (non-hydrogen) atoms. The molecule has 2 rings (SSSR count). The highest BCUT2D eigenvalue weighted by Crippen LogP contribution is 2.53. The minimum Gasteiger partial charge on any atom is -0.468 e. The molecule has 2 saturated carbocycles. The third kappa shape index (κ3) is 1.68. The number of ketones is 1. The maximum absolute atomic E-state index is 11.7. The summed E-state index contributed by atoms with van der Waals surface area (Å²) in [5, 5.41) is 0. The van der Waals surface area contributed by atoms with Gasteiger partial charge in [0.05, 0.1) is 7.11 Å². The normalized spacial score (nSPS) is 37.8. The Morgan fingerprint density at radius 3 is 2.67 bits per heavy atom. The number of hydrogen-bond donors (Lipinski definition) is 0. The van der Waals surface area contributed by atoms with Gasteiger partial charge in [-0.05, 0) is 30.1 Å². The van der Waals surface area contributed by atoms with Crippen LogP contribution in [0.15, 0.2) is 0 Å². The SMILES string of the molecule is COC(=O)[C@H]1C(=O)C[C@H]2CC(C)(C)C[C@@H]21. The van der Waals surface area contributed by atoms with Gasteiger partial charge in [0.1, 0.15) is 11.7 Å². The van der Waals surface area contributed by atoms with Gasteiger partial charge < -0.3 is 4.74 Å². The molecule has 0 radical (unpaired) electrons. The minimum atomic E-state index is -0.471. The first-order chi connectivity index (χ1) is 6.94. The number of rotatable bonds is 1. The van der Waals surface area contributed by atoms with Gasteiger partial charge in [0, 0.05) is 6.42 Å². The Kier molecular flexibility index (Phi) is 2.36.